The molecule has 6 heteroatoms. The van der Waals surface area contributed by atoms with Crippen LogP contribution < -0.4 is 5.32 Å². The molecule has 1 aliphatic heterocycles. The Morgan fingerprint density at radius 3 is 2.50 bits per heavy atom. The normalized spacial score (nSPS) is 24.7. The third-order valence-electron chi connectivity index (χ3n) is 2.86. The SMILES string of the molecule is O=C1NCCOC1(Cc1ccccc1)C(F)(F)F. The summed E-state index contributed by atoms with van der Waals surface area (Å²) in [5.41, 5.74) is -2.36. The molecule has 18 heavy (non-hydrogen) atoms. The molecule has 1 unspecified atom stereocenters. The summed E-state index contributed by atoms with van der Waals surface area (Å²) in [5.74, 6) is -1.12. The van der Waals surface area contributed by atoms with Gasteiger partial charge < -0.3 is 10.1 Å². The zero-order chi connectivity index (χ0) is 13.2. The molecule has 0 bridgehead atoms. The molecule has 1 aromatic carbocycles. The lowest BCUT2D eigenvalue weighted by Crippen LogP contribution is -2.64. The molecule has 1 aromatic rings. The Kier molecular flexibility index (Phi) is 3.30. The molecule has 1 amide bonds. The summed E-state index contributed by atoms with van der Waals surface area (Å²) in [6.45, 7) is -0.0382. The van der Waals surface area contributed by atoms with Crippen LogP contribution in [0.4, 0.5) is 13.2 Å². The summed E-state index contributed by atoms with van der Waals surface area (Å²) in [6.07, 6.45) is -5.25. The highest BCUT2D eigenvalue weighted by molar-refractivity contribution is 5.87. The van der Waals surface area contributed by atoms with Crippen molar-refractivity contribution in [2.24, 2.45) is 0 Å². The van der Waals surface area contributed by atoms with E-state index in [1.165, 1.54) is 0 Å². The average Bonchev–Trinajstić information content (AvgIpc) is 2.32. The maximum atomic E-state index is 13.1. The third-order valence-corrected chi connectivity index (χ3v) is 2.86. The van der Waals surface area contributed by atoms with Crippen molar-refractivity contribution in [1.82, 2.24) is 5.32 Å². The van der Waals surface area contributed by atoms with Gasteiger partial charge in [-0.2, -0.15) is 13.2 Å². The van der Waals surface area contributed by atoms with Crippen LogP contribution in [-0.4, -0.2) is 30.8 Å². The number of amides is 1. The number of ether oxygens (including phenoxy) is 1. The van der Waals surface area contributed by atoms with E-state index >= 15 is 0 Å². The lowest BCUT2D eigenvalue weighted by molar-refractivity contribution is -0.272. The van der Waals surface area contributed by atoms with Gasteiger partial charge in [-0.15, -0.1) is 0 Å². The lowest BCUT2D eigenvalue weighted by Gasteiger charge is -2.37. The number of carbonyl (C=O) groups is 1. The lowest BCUT2D eigenvalue weighted by atomic mass is 9.91. The number of morpholine rings is 1. The second kappa shape index (κ2) is 4.61. The fourth-order valence-electron chi connectivity index (χ4n) is 1.92. The molecule has 1 atom stereocenters. The molecule has 0 aromatic heterocycles. The smallest absolute Gasteiger partial charge is 0.355 e. The fraction of sp³-hybridized carbons (Fsp3) is 0.417. The molecule has 1 heterocycles. The molecule has 1 saturated heterocycles. The van der Waals surface area contributed by atoms with E-state index in [1.54, 1.807) is 30.3 Å². The minimum atomic E-state index is -4.74. The number of rotatable bonds is 2. The highest BCUT2D eigenvalue weighted by Crippen LogP contribution is 2.38. The second-order valence-electron chi connectivity index (χ2n) is 4.09. The highest BCUT2D eigenvalue weighted by Gasteiger charge is 2.62. The van der Waals surface area contributed by atoms with Crippen molar-refractivity contribution in [3.63, 3.8) is 0 Å². The number of nitrogens with one attached hydrogen (secondary N) is 1. The van der Waals surface area contributed by atoms with Crippen LogP contribution in [0, 0.1) is 0 Å². The van der Waals surface area contributed by atoms with E-state index in [1.807, 2.05) is 0 Å². The third kappa shape index (κ3) is 2.20. The zero-order valence-corrected chi connectivity index (χ0v) is 9.46. The molecule has 0 aliphatic carbocycles. The molecule has 3 nitrogen and oxygen atoms in total. The maximum Gasteiger partial charge on any atom is 0.426 e. The van der Waals surface area contributed by atoms with E-state index < -0.39 is 24.1 Å². The van der Waals surface area contributed by atoms with Crippen molar-refractivity contribution in [2.75, 3.05) is 13.2 Å². The standard InChI is InChI=1S/C12H12F3NO2/c13-12(14,15)11(10(17)16-6-7-18-11)8-9-4-2-1-3-5-9/h1-5H,6-8H2,(H,16,17). The van der Waals surface area contributed by atoms with Crippen LogP contribution in [0.2, 0.25) is 0 Å². The monoisotopic (exact) mass is 259 g/mol. The van der Waals surface area contributed by atoms with Crippen molar-refractivity contribution < 1.29 is 22.7 Å². The number of halogens is 3. The van der Waals surface area contributed by atoms with Crippen molar-refractivity contribution in [1.29, 1.82) is 0 Å². The van der Waals surface area contributed by atoms with Crippen LogP contribution in [0.5, 0.6) is 0 Å². The first-order valence-corrected chi connectivity index (χ1v) is 5.49. The predicted molar refractivity (Wildman–Crippen MR) is 57.9 cm³/mol. The Labute approximate surface area is 102 Å². The molecular weight excluding hydrogens is 247 g/mol. The molecule has 0 spiro atoms. The summed E-state index contributed by atoms with van der Waals surface area (Å²) in [5, 5.41) is 2.22. The molecule has 1 aliphatic rings. The summed E-state index contributed by atoms with van der Waals surface area (Å²) in [4.78, 5) is 11.6. The summed E-state index contributed by atoms with van der Waals surface area (Å²) in [7, 11) is 0. The van der Waals surface area contributed by atoms with Gasteiger partial charge in [-0.1, -0.05) is 30.3 Å². The Hall–Kier alpha value is -1.56. The van der Waals surface area contributed by atoms with Gasteiger partial charge in [0.25, 0.3) is 5.91 Å². The van der Waals surface area contributed by atoms with Crippen molar-refractivity contribution in [3.8, 4) is 0 Å². The van der Waals surface area contributed by atoms with E-state index in [9.17, 15) is 18.0 Å². The van der Waals surface area contributed by atoms with Gasteiger partial charge in [0.05, 0.1) is 6.61 Å². The van der Waals surface area contributed by atoms with E-state index in [-0.39, 0.29) is 13.2 Å². The second-order valence-corrected chi connectivity index (χ2v) is 4.09. The van der Waals surface area contributed by atoms with Gasteiger partial charge in [-0.3, -0.25) is 4.79 Å². The van der Waals surface area contributed by atoms with E-state index in [2.05, 4.69) is 5.32 Å². The highest BCUT2D eigenvalue weighted by atomic mass is 19.4. The number of hydrogen-bond donors (Lipinski definition) is 1. The number of hydrogen-bond acceptors (Lipinski definition) is 2. The van der Waals surface area contributed by atoms with Crippen LogP contribution >= 0.6 is 0 Å². The Morgan fingerprint density at radius 1 is 1.28 bits per heavy atom. The molecule has 2 rings (SSSR count). The van der Waals surface area contributed by atoms with Gasteiger partial charge in [0, 0.05) is 13.0 Å². The first-order chi connectivity index (χ1) is 8.46. The molecule has 1 N–H and O–H groups in total. The molecular formula is C12H12F3NO2. The van der Waals surface area contributed by atoms with Gasteiger partial charge in [-0.25, -0.2) is 0 Å². The number of carbonyl (C=O) groups excluding carboxylic acids is 1. The van der Waals surface area contributed by atoms with E-state index in [4.69, 9.17) is 4.74 Å². The largest absolute Gasteiger partial charge is 0.426 e. The summed E-state index contributed by atoms with van der Waals surface area (Å²) in [6, 6.07) is 8.03. The molecule has 98 valence electrons. The summed E-state index contributed by atoms with van der Waals surface area (Å²) < 4.78 is 44.2. The molecule has 0 radical (unpaired) electrons. The van der Waals surface area contributed by atoms with Gasteiger partial charge in [0.1, 0.15) is 0 Å². The molecule has 1 fully saturated rings. The van der Waals surface area contributed by atoms with Crippen molar-refractivity contribution in [3.05, 3.63) is 35.9 Å². The Bertz CT molecular complexity index is 433. The first-order valence-electron chi connectivity index (χ1n) is 5.49. The van der Waals surface area contributed by atoms with E-state index in [0.717, 1.165) is 0 Å². The Balaban J connectivity index is 2.34. The minimum absolute atomic E-state index is 0.103. The minimum Gasteiger partial charge on any atom is -0.355 e. The van der Waals surface area contributed by atoms with Crippen LogP contribution in [0.25, 0.3) is 0 Å². The van der Waals surface area contributed by atoms with Gasteiger partial charge in [-0.05, 0) is 5.56 Å². The first kappa shape index (κ1) is 12.9. The maximum absolute atomic E-state index is 13.1. The van der Waals surface area contributed by atoms with Crippen LogP contribution in [0.1, 0.15) is 5.56 Å². The predicted octanol–water partition coefficient (Wildman–Crippen LogP) is 1.68. The quantitative estimate of drug-likeness (QED) is 0.877. The Morgan fingerprint density at radius 2 is 1.94 bits per heavy atom. The van der Waals surface area contributed by atoms with Crippen molar-refractivity contribution in [2.45, 2.75) is 18.2 Å². The zero-order valence-electron chi connectivity index (χ0n) is 9.46. The van der Waals surface area contributed by atoms with Crippen molar-refractivity contribution >= 4 is 5.91 Å². The fourth-order valence-corrected chi connectivity index (χ4v) is 1.92. The topological polar surface area (TPSA) is 38.3 Å². The van der Waals surface area contributed by atoms with Crippen LogP contribution in [-0.2, 0) is 16.0 Å². The van der Waals surface area contributed by atoms with Crippen LogP contribution in [0.3, 0.4) is 0 Å². The van der Waals surface area contributed by atoms with Gasteiger partial charge in [0.2, 0.25) is 5.60 Å². The molecule has 0 saturated carbocycles. The number of alkyl halides is 3. The van der Waals surface area contributed by atoms with Gasteiger partial charge >= 0.3 is 6.18 Å². The summed E-state index contributed by atoms with van der Waals surface area (Å²) >= 11 is 0. The van der Waals surface area contributed by atoms with Gasteiger partial charge in [0.15, 0.2) is 0 Å². The van der Waals surface area contributed by atoms with E-state index in [0.29, 0.717) is 5.56 Å². The van der Waals surface area contributed by atoms with Crippen LogP contribution in [0.15, 0.2) is 30.3 Å². The average molecular weight is 259 g/mol. The number of benzene rings is 1.